The lowest BCUT2D eigenvalue weighted by atomic mass is 11.5. The monoisotopic (exact) mass is 172 g/mol. The maximum atomic E-state index is 9.56. The van der Waals surface area contributed by atoms with Crippen molar-refractivity contribution in [2.45, 2.75) is 0 Å². The van der Waals surface area contributed by atoms with Crippen LogP contribution in [-0.2, 0) is 4.74 Å². The van der Waals surface area contributed by atoms with Crippen LogP contribution in [0.15, 0.2) is 0 Å². The molecule has 0 amide bonds. The first-order chi connectivity index (χ1) is 2.77. The molecular weight excluding hydrogens is 171 g/mol. The minimum atomic E-state index is -0.785. The summed E-state index contributed by atoms with van der Waals surface area (Å²) in [7, 11) is 0. The molecule has 6 heavy (non-hydrogen) atoms. The second-order valence-corrected chi connectivity index (χ2v) is 1.26. The Morgan fingerprint density at radius 2 is 2.50 bits per heavy atom. The van der Waals surface area contributed by atoms with Crippen LogP contribution in [0.2, 0.25) is 0 Å². The first-order valence-electron chi connectivity index (χ1n) is 1.15. The van der Waals surface area contributed by atoms with Crippen molar-refractivity contribution in [1.82, 2.24) is 0 Å². The zero-order chi connectivity index (χ0) is 4.99. The van der Waals surface area contributed by atoms with Crippen LogP contribution in [0.3, 0.4) is 0 Å². The van der Waals surface area contributed by atoms with Crippen molar-refractivity contribution in [3.63, 3.8) is 0 Å². The van der Waals surface area contributed by atoms with E-state index in [0.717, 1.165) is 0 Å². The predicted molar refractivity (Wildman–Crippen MR) is 26.1 cm³/mol. The highest BCUT2D eigenvalue weighted by atomic mass is 79.9. The van der Waals surface area contributed by atoms with Crippen LogP contribution in [0.4, 0.5) is 4.79 Å². The van der Waals surface area contributed by atoms with Gasteiger partial charge in [0, 0.05) is 11.6 Å². The first kappa shape index (κ1) is 6.24. The summed E-state index contributed by atoms with van der Waals surface area (Å²) in [5.74, 6) is 0. The third-order valence-corrected chi connectivity index (χ3v) is 0.506. The first-order valence-corrected chi connectivity index (χ1v) is 2.65. The lowest BCUT2D eigenvalue weighted by molar-refractivity contribution is 0.195. The molecule has 0 fully saturated rings. The van der Waals surface area contributed by atoms with E-state index in [1.165, 1.54) is 0 Å². The van der Waals surface area contributed by atoms with Gasteiger partial charge >= 0.3 is 5.43 Å². The number of hydrogen-bond donors (Lipinski definition) is 0. The molecule has 36 valence electrons. The molecule has 4 heteroatoms. The molecule has 0 bridgehead atoms. The molecule has 0 aliphatic carbocycles. The average Bonchev–Trinajstić information content (AvgIpc) is 1.35. The van der Waals surface area contributed by atoms with Crippen molar-refractivity contribution in [2.75, 3.05) is 5.52 Å². The fourth-order valence-corrected chi connectivity index (χ4v) is 0.437. The molecule has 0 aromatic heterocycles. The second-order valence-electron chi connectivity index (χ2n) is 0.491. The van der Waals surface area contributed by atoms with Crippen LogP contribution in [0.25, 0.3) is 0 Å². The third kappa shape index (κ3) is 4.24. The van der Waals surface area contributed by atoms with Gasteiger partial charge in [0.2, 0.25) is 0 Å². The minimum Gasteiger partial charge on any atom is -0.442 e. The molecule has 2 nitrogen and oxygen atoms in total. The molecule has 0 N–H and O–H groups in total. The Bertz CT molecular complexity index is 55.5. The highest BCUT2D eigenvalue weighted by Crippen LogP contribution is 1.88. The van der Waals surface area contributed by atoms with Crippen molar-refractivity contribution in [3.05, 3.63) is 0 Å². The van der Waals surface area contributed by atoms with Crippen molar-refractivity contribution in [3.8, 4) is 0 Å². The number of carbonyl (C=O) groups excluding carboxylic acids is 1. The van der Waals surface area contributed by atoms with Crippen LogP contribution in [0.5, 0.6) is 0 Å². The molecule has 0 atom stereocenters. The molecular formula is C2H2BrClO2. The summed E-state index contributed by atoms with van der Waals surface area (Å²) >= 11 is 7.51. The van der Waals surface area contributed by atoms with Crippen molar-refractivity contribution in [1.29, 1.82) is 0 Å². The standard InChI is InChI=1S/C2H2BrClO2/c3-1-6-2(4)5/h1H2. The van der Waals surface area contributed by atoms with Gasteiger partial charge in [-0.3, -0.25) is 0 Å². The fraction of sp³-hybridized carbons (Fsp3) is 0.500. The van der Waals surface area contributed by atoms with Crippen LogP contribution in [0.1, 0.15) is 0 Å². The molecule has 0 unspecified atom stereocenters. The quantitative estimate of drug-likeness (QED) is 0.446. The van der Waals surface area contributed by atoms with Crippen molar-refractivity contribution >= 4 is 33.0 Å². The van der Waals surface area contributed by atoms with Gasteiger partial charge in [0.15, 0.2) is 0 Å². The van der Waals surface area contributed by atoms with Gasteiger partial charge in [-0.25, -0.2) is 4.79 Å². The molecule has 0 spiro atoms. The van der Waals surface area contributed by atoms with Gasteiger partial charge in [-0.05, 0) is 15.9 Å². The Balaban J connectivity index is 2.83. The van der Waals surface area contributed by atoms with E-state index in [9.17, 15) is 4.79 Å². The number of alkyl halides is 1. The third-order valence-electron chi connectivity index (χ3n) is 0.168. The molecule has 0 radical (unpaired) electrons. The Morgan fingerprint density at radius 3 is 2.50 bits per heavy atom. The summed E-state index contributed by atoms with van der Waals surface area (Å²) in [6.07, 6.45) is 0. The minimum absolute atomic E-state index is 0.162. The molecule has 0 saturated carbocycles. The number of halogens is 2. The zero-order valence-corrected chi connectivity index (χ0v) is 5.12. The molecule has 0 heterocycles. The van der Waals surface area contributed by atoms with E-state index in [4.69, 9.17) is 0 Å². The topological polar surface area (TPSA) is 26.3 Å². The highest BCUT2D eigenvalue weighted by Gasteiger charge is 1.87. The second kappa shape index (κ2) is 3.43. The van der Waals surface area contributed by atoms with Gasteiger partial charge in [-0.15, -0.1) is 0 Å². The van der Waals surface area contributed by atoms with Gasteiger partial charge in [-0.2, -0.15) is 0 Å². The van der Waals surface area contributed by atoms with Crippen molar-refractivity contribution in [2.24, 2.45) is 0 Å². The van der Waals surface area contributed by atoms with Crippen LogP contribution in [-0.4, -0.2) is 10.9 Å². The molecule has 0 saturated heterocycles. The van der Waals surface area contributed by atoms with Crippen LogP contribution < -0.4 is 0 Å². The summed E-state index contributed by atoms with van der Waals surface area (Å²) in [6, 6.07) is 0. The molecule has 0 aromatic rings. The maximum absolute atomic E-state index is 9.56. The summed E-state index contributed by atoms with van der Waals surface area (Å²) < 4.78 is 4.08. The summed E-state index contributed by atoms with van der Waals surface area (Å²) in [5.41, 5.74) is -0.623. The predicted octanol–water partition coefficient (Wildman–Crippen LogP) is 1.71. The van der Waals surface area contributed by atoms with E-state index in [1.807, 2.05) is 0 Å². The Kier molecular flexibility index (Phi) is 3.57. The Labute approximate surface area is 48.6 Å². The van der Waals surface area contributed by atoms with Gasteiger partial charge in [0.25, 0.3) is 0 Å². The number of ether oxygens (including phenoxy) is 1. The smallest absolute Gasteiger partial charge is 0.404 e. The Hall–Kier alpha value is 0.240. The normalized spacial score (nSPS) is 7.67. The molecule has 0 rings (SSSR count). The molecule has 0 aliphatic rings. The van der Waals surface area contributed by atoms with E-state index in [1.54, 1.807) is 0 Å². The summed E-state index contributed by atoms with van der Waals surface area (Å²) in [6.45, 7) is 0. The van der Waals surface area contributed by atoms with E-state index < -0.39 is 5.43 Å². The molecule has 0 aliphatic heterocycles. The van der Waals surface area contributed by atoms with Crippen LogP contribution >= 0.6 is 27.5 Å². The largest absolute Gasteiger partial charge is 0.442 e. The summed E-state index contributed by atoms with van der Waals surface area (Å²) in [5, 5.41) is 0. The van der Waals surface area contributed by atoms with Gasteiger partial charge < -0.3 is 4.74 Å². The van der Waals surface area contributed by atoms with E-state index in [0.29, 0.717) is 0 Å². The SMILES string of the molecule is O=C(Cl)OCBr. The lowest BCUT2D eigenvalue weighted by Gasteiger charge is -1.85. The number of carbonyl (C=O) groups is 1. The molecule has 0 aromatic carbocycles. The van der Waals surface area contributed by atoms with Gasteiger partial charge in [-0.1, -0.05) is 0 Å². The Morgan fingerprint density at radius 1 is 2.00 bits per heavy atom. The number of rotatable bonds is 1. The van der Waals surface area contributed by atoms with E-state index >= 15 is 0 Å². The van der Waals surface area contributed by atoms with Gasteiger partial charge in [0.1, 0.15) is 5.52 Å². The lowest BCUT2D eigenvalue weighted by Crippen LogP contribution is -1.86. The van der Waals surface area contributed by atoms with Crippen molar-refractivity contribution < 1.29 is 9.53 Å². The fourth-order valence-electron chi connectivity index (χ4n) is 0.0429. The zero-order valence-electron chi connectivity index (χ0n) is 2.78. The highest BCUT2D eigenvalue weighted by molar-refractivity contribution is 9.09. The van der Waals surface area contributed by atoms with Gasteiger partial charge in [0.05, 0.1) is 0 Å². The maximum Gasteiger partial charge on any atom is 0.404 e. The number of hydrogen-bond acceptors (Lipinski definition) is 2. The summed E-state index contributed by atoms with van der Waals surface area (Å²) in [4.78, 5) is 9.56. The van der Waals surface area contributed by atoms with Crippen LogP contribution in [0, 0.1) is 0 Å². The average molecular weight is 173 g/mol. The van der Waals surface area contributed by atoms with E-state index in [2.05, 4.69) is 32.3 Å². The van der Waals surface area contributed by atoms with E-state index in [-0.39, 0.29) is 5.52 Å².